The zero-order valence-electron chi connectivity index (χ0n) is 24.5. The van der Waals surface area contributed by atoms with E-state index in [-0.39, 0.29) is 5.75 Å². The monoisotopic (exact) mass is 572 g/mol. The van der Waals surface area contributed by atoms with Crippen LogP contribution >= 0.6 is 0 Å². The molecular formula is C36H40N6O. The Morgan fingerprint density at radius 2 is 0.767 bits per heavy atom. The van der Waals surface area contributed by atoms with E-state index < -0.39 is 11.1 Å². The lowest BCUT2D eigenvalue weighted by molar-refractivity contribution is 0.357. The highest BCUT2D eigenvalue weighted by Gasteiger charge is 2.33. The first-order valence-corrected chi connectivity index (χ1v) is 14.9. The summed E-state index contributed by atoms with van der Waals surface area (Å²) in [4.78, 5) is 18.1. The number of nitrogens with zero attached hydrogens (tertiary/aromatic N) is 4. The predicted octanol–water partition coefficient (Wildman–Crippen LogP) is 5.81. The summed E-state index contributed by atoms with van der Waals surface area (Å²) in [5.41, 5.74) is 18.8. The van der Waals surface area contributed by atoms with E-state index in [4.69, 9.17) is 11.5 Å². The topological polar surface area (TPSA) is 124 Å². The number of aromatic nitrogens is 4. The van der Waals surface area contributed by atoms with Crippen molar-refractivity contribution in [1.29, 1.82) is 0 Å². The van der Waals surface area contributed by atoms with Crippen LogP contribution < -0.4 is 11.5 Å². The molecule has 0 saturated carbocycles. The SMILES string of the molecule is NC(CCc1ccccn1)(CCc1ccccn1)c1cc(O)cc(C(N)(CCc2ccccn2)CCc2ccccn2)c1. The lowest BCUT2D eigenvalue weighted by Crippen LogP contribution is -2.41. The number of hydrogen-bond acceptors (Lipinski definition) is 7. The molecule has 0 saturated heterocycles. The molecule has 0 amide bonds. The van der Waals surface area contributed by atoms with Crippen molar-refractivity contribution in [3.63, 3.8) is 0 Å². The molecule has 0 radical (unpaired) electrons. The number of nitrogens with two attached hydrogens (primary N) is 2. The molecule has 5 N–H and O–H groups in total. The maximum absolute atomic E-state index is 11.1. The molecule has 43 heavy (non-hydrogen) atoms. The minimum Gasteiger partial charge on any atom is -0.508 e. The van der Waals surface area contributed by atoms with Crippen molar-refractivity contribution >= 4 is 0 Å². The van der Waals surface area contributed by atoms with Crippen LogP contribution in [0.25, 0.3) is 0 Å². The standard InChI is InChI=1S/C36H40N6O/c37-35(17-13-30-9-1-5-21-39-30,18-14-31-10-2-6-22-40-31)28-25-29(27-34(43)26-28)36(38,19-15-32-11-3-7-23-41-32)20-16-33-12-4-8-24-42-33/h1-12,21-27,43H,13-20,37-38H2. The van der Waals surface area contributed by atoms with Crippen molar-refractivity contribution in [1.82, 2.24) is 19.9 Å². The van der Waals surface area contributed by atoms with Gasteiger partial charge in [-0.1, -0.05) is 30.3 Å². The highest BCUT2D eigenvalue weighted by Crippen LogP contribution is 2.37. The fraction of sp³-hybridized carbons (Fsp3) is 0.278. The molecule has 0 spiro atoms. The zero-order valence-corrected chi connectivity index (χ0v) is 24.5. The lowest BCUT2D eigenvalue weighted by atomic mass is 9.76. The highest BCUT2D eigenvalue weighted by atomic mass is 16.3. The number of aryl methyl sites for hydroxylation is 4. The minimum absolute atomic E-state index is 0.156. The second-order valence-corrected chi connectivity index (χ2v) is 11.4. The highest BCUT2D eigenvalue weighted by molar-refractivity contribution is 5.41. The molecule has 1 aromatic carbocycles. The van der Waals surface area contributed by atoms with Crippen molar-refractivity contribution in [2.45, 2.75) is 62.4 Å². The quantitative estimate of drug-likeness (QED) is 0.153. The van der Waals surface area contributed by atoms with Crippen LogP contribution in [0.15, 0.2) is 116 Å². The van der Waals surface area contributed by atoms with E-state index >= 15 is 0 Å². The van der Waals surface area contributed by atoms with Gasteiger partial charge in [-0.3, -0.25) is 19.9 Å². The first-order chi connectivity index (χ1) is 20.9. The molecule has 5 rings (SSSR count). The first-order valence-electron chi connectivity index (χ1n) is 14.9. The van der Waals surface area contributed by atoms with Crippen molar-refractivity contribution in [2.24, 2.45) is 11.5 Å². The van der Waals surface area contributed by atoms with E-state index in [1.54, 1.807) is 36.9 Å². The normalized spacial score (nSPS) is 11.9. The third-order valence-corrected chi connectivity index (χ3v) is 8.28. The van der Waals surface area contributed by atoms with Gasteiger partial charge >= 0.3 is 0 Å². The number of aromatic hydroxyl groups is 1. The summed E-state index contributed by atoms with van der Waals surface area (Å²) in [6, 6.07) is 29.4. The Labute approximate surface area is 254 Å². The summed E-state index contributed by atoms with van der Waals surface area (Å²) in [7, 11) is 0. The molecule has 4 heterocycles. The van der Waals surface area contributed by atoms with Gasteiger partial charge in [0.1, 0.15) is 5.75 Å². The number of phenolic OH excluding ortho intramolecular Hbond substituents is 1. The smallest absolute Gasteiger partial charge is 0.116 e. The summed E-state index contributed by atoms with van der Waals surface area (Å²) in [5, 5.41) is 11.1. The lowest BCUT2D eigenvalue weighted by Gasteiger charge is -2.35. The van der Waals surface area contributed by atoms with E-state index in [2.05, 4.69) is 26.0 Å². The van der Waals surface area contributed by atoms with Gasteiger partial charge in [-0.15, -0.1) is 0 Å². The van der Waals surface area contributed by atoms with Gasteiger partial charge in [0.15, 0.2) is 0 Å². The Bertz CT molecular complexity index is 1350. The van der Waals surface area contributed by atoms with Crippen molar-refractivity contribution in [3.8, 4) is 5.75 Å². The first kappa shape index (κ1) is 30.0. The summed E-state index contributed by atoms with van der Waals surface area (Å²) < 4.78 is 0. The van der Waals surface area contributed by atoms with Crippen LogP contribution in [0.4, 0.5) is 0 Å². The maximum atomic E-state index is 11.1. The summed E-state index contributed by atoms with van der Waals surface area (Å²) in [6.45, 7) is 0. The van der Waals surface area contributed by atoms with E-state index in [0.717, 1.165) is 33.9 Å². The van der Waals surface area contributed by atoms with Crippen LogP contribution in [-0.2, 0) is 36.8 Å². The van der Waals surface area contributed by atoms with Crippen LogP contribution in [0, 0.1) is 0 Å². The molecule has 220 valence electrons. The van der Waals surface area contributed by atoms with Crippen molar-refractivity contribution in [2.75, 3.05) is 0 Å². The Morgan fingerprint density at radius 1 is 0.465 bits per heavy atom. The van der Waals surface area contributed by atoms with Gasteiger partial charge in [-0.05, 0) is 123 Å². The predicted molar refractivity (Wildman–Crippen MR) is 170 cm³/mol. The van der Waals surface area contributed by atoms with Gasteiger partial charge in [0.05, 0.1) is 0 Å². The molecule has 5 aromatic rings. The zero-order chi connectivity index (χ0) is 30.0. The maximum Gasteiger partial charge on any atom is 0.116 e. The molecular weight excluding hydrogens is 532 g/mol. The molecule has 0 bridgehead atoms. The van der Waals surface area contributed by atoms with Gasteiger partial charge in [-0.25, -0.2) is 0 Å². The van der Waals surface area contributed by atoms with Gasteiger partial charge in [0.25, 0.3) is 0 Å². The minimum atomic E-state index is -0.745. The Balaban J connectivity index is 1.48. The van der Waals surface area contributed by atoms with Crippen molar-refractivity contribution < 1.29 is 5.11 Å². The molecule has 0 fully saturated rings. The fourth-order valence-corrected chi connectivity index (χ4v) is 5.60. The number of rotatable bonds is 14. The van der Waals surface area contributed by atoms with E-state index in [9.17, 15) is 5.11 Å². The Morgan fingerprint density at radius 3 is 1.02 bits per heavy atom. The molecule has 0 aliphatic carbocycles. The van der Waals surface area contributed by atoms with Crippen LogP contribution in [0.1, 0.15) is 59.6 Å². The second kappa shape index (κ2) is 14.1. The summed E-state index contributed by atoms with van der Waals surface area (Å²) in [6.07, 6.45) is 12.7. The van der Waals surface area contributed by atoms with E-state index in [0.29, 0.717) is 51.4 Å². The van der Waals surface area contributed by atoms with E-state index in [1.807, 2.05) is 72.8 Å². The van der Waals surface area contributed by atoms with Crippen molar-refractivity contribution in [3.05, 3.63) is 150 Å². The average Bonchev–Trinajstić information content (AvgIpc) is 3.06. The fourth-order valence-electron chi connectivity index (χ4n) is 5.60. The molecule has 0 atom stereocenters. The largest absolute Gasteiger partial charge is 0.508 e. The second-order valence-electron chi connectivity index (χ2n) is 11.4. The Hall–Kier alpha value is -4.46. The van der Waals surface area contributed by atoms with Gasteiger partial charge < -0.3 is 16.6 Å². The summed E-state index contributed by atoms with van der Waals surface area (Å²) in [5.74, 6) is 0.156. The third kappa shape index (κ3) is 8.31. The number of hydrogen-bond donors (Lipinski definition) is 3. The molecule has 7 nitrogen and oxygen atoms in total. The average molecular weight is 573 g/mol. The molecule has 0 unspecified atom stereocenters. The van der Waals surface area contributed by atoms with Crippen LogP contribution in [-0.4, -0.2) is 25.0 Å². The van der Waals surface area contributed by atoms with E-state index in [1.165, 1.54) is 0 Å². The van der Waals surface area contributed by atoms with Crippen LogP contribution in [0.3, 0.4) is 0 Å². The van der Waals surface area contributed by atoms with Gasteiger partial charge in [0.2, 0.25) is 0 Å². The summed E-state index contributed by atoms with van der Waals surface area (Å²) >= 11 is 0. The molecule has 4 aromatic heterocycles. The number of pyridine rings is 4. The van der Waals surface area contributed by atoms with Crippen LogP contribution in [0.2, 0.25) is 0 Å². The number of benzene rings is 1. The Kier molecular flexibility index (Phi) is 9.87. The van der Waals surface area contributed by atoms with Crippen LogP contribution in [0.5, 0.6) is 5.75 Å². The molecule has 0 aliphatic heterocycles. The number of phenols is 1. The van der Waals surface area contributed by atoms with Gasteiger partial charge in [-0.2, -0.15) is 0 Å². The molecule has 0 aliphatic rings. The third-order valence-electron chi connectivity index (χ3n) is 8.28. The molecule has 7 heteroatoms. The van der Waals surface area contributed by atoms with Gasteiger partial charge in [0, 0.05) is 58.6 Å².